The van der Waals surface area contributed by atoms with Crippen LogP contribution in [0.4, 0.5) is 5.69 Å². The SMILES string of the molecule is CC1=C=COC(C/C=C/CC(=O)C2CN(C)c3ccccc3O2)=N1. The Morgan fingerprint density at radius 3 is 3.08 bits per heavy atom. The van der Waals surface area contributed by atoms with Crippen molar-refractivity contribution < 1.29 is 14.3 Å². The van der Waals surface area contributed by atoms with Gasteiger partial charge in [-0.25, -0.2) is 4.99 Å². The lowest BCUT2D eigenvalue weighted by atomic mass is 10.1. The second-order valence-electron chi connectivity index (χ2n) is 5.77. The van der Waals surface area contributed by atoms with Gasteiger partial charge in [-0.05, 0) is 19.1 Å². The molecular weight excluding hydrogens is 304 g/mol. The van der Waals surface area contributed by atoms with E-state index in [-0.39, 0.29) is 5.78 Å². The fourth-order valence-electron chi connectivity index (χ4n) is 2.61. The maximum Gasteiger partial charge on any atom is 0.199 e. The predicted molar refractivity (Wildman–Crippen MR) is 93.3 cm³/mol. The van der Waals surface area contributed by atoms with E-state index < -0.39 is 6.10 Å². The highest BCUT2D eigenvalue weighted by atomic mass is 16.5. The van der Waals surface area contributed by atoms with E-state index in [2.05, 4.69) is 15.6 Å². The number of ether oxygens (including phenoxy) is 2. The van der Waals surface area contributed by atoms with Crippen LogP contribution in [0.5, 0.6) is 5.75 Å². The fraction of sp³-hybridized carbons (Fsp3) is 0.316. The number of Topliss-reactive ketones (excluding diaryl/α,β-unsaturated/α-hetero) is 1. The molecule has 1 aromatic rings. The molecule has 0 saturated heterocycles. The zero-order chi connectivity index (χ0) is 16.9. The number of para-hydroxylation sites is 2. The topological polar surface area (TPSA) is 51.1 Å². The first-order valence-corrected chi connectivity index (χ1v) is 7.94. The molecule has 2 aliphatic rings. The van der Waals surface area contributed by atoms with Crippen molar-refractivity contribution in [3.8, 4) is 5.75 Å². The maximum atomic E-state index is 12.4. The van der Waals surface area contributed by atoms with Crippen molar-refractivity contribution in [1.82, 2.24) is 0 Å². The number of hydrogen-bond acceptors (Lipinski definition) is 5. The second-order valence-corrected chi connectivity index (χ2v) is 5.77. The summed E-state index contributed by atoms with van der Waals surface area (Å²) in [6.07, 6.45) is 5.68. The number of hydrogen-bond donors (Lipinski definition) is 0. The van der Waals surface area contributed by atoms with Gasteiger partial charge in [0.2, 0.25) is 0 Å². The molecule has 2 aliphatic heterocycles. The van der Waals surface area contributed by atoms with Gasteiger partial charge in [-0.3, -0.25) is 4.79 Å². The highest BCUT2D eigenvalue weighted by molar-refractivity contribution is 5.86. The summed E-state index contributed by atoms with van der Waals surface area (Å²) < 4.78 is 11.1. The first-order chi connectivity index (χ1) is 11.6. The largest absolute Gasteiger partial charge is 0.479 e. The van der Waals surface area contributed by atoms with Gasteiger partial charge < -0.3 is 14.4 Å². The number of benzene rings is 1. The quantitative estimate of drug-likeness (QED) is 0.616. The van der Waals surface area contributed by atoms with Gasteiger partial charge >= 0.3 is 0 Å². The smallest absolute Gasteiger partial charge is 0.199 e. The monoisotopic (exact) mass is 324 g/mol. The molecule has 1 atom stereocenters. The van der Waals surface area contributed by atoms with Gasteiger partial charge in [-0.2, -0.15) is 0 Å². The number of allylic oxidation sites excluding steroid dienone is 2. The van der Waals surface area contributed by atoms with E-state index in [9.17, 15) is 4.79 Å². The van der Waals surface area contributed by atoms with Crippen molar-refractivity contribution in [3.63, 3.8) is 0 Å². The Morgan fingerprint density at radius 2 is 2.25 bits per heavy atom. The molecule has 0 radical (unpaired) electrons. The minimum atomic E-state index is -0.439. The first kappa shape index (κ1) is 16.1. The lowest BCUT2D eigenvalue weighted by molar-refractivity contribution is -0.124. The number of nitrogens with zero attached hydrogens (tertiary/aromatic N) is 2. The van der Waals surface area contributed by atoms with Crippen LogP contribution in [-0.4, -0.2) is 31.4 Å². The Morgan fingerprint density at radius 1 is 1.42 bits per heavy atom. The van der Waals surface area contributed by atoms with Gasteiger partial charge in [0.05, 0.1) is 17.9 Å². The zero-order valence-corrected chi connectivity index (χ0v) is 13.9. The summed E-state index contributed by atoms with van der Waals surface area (Å²) in [4.78, 5) is 18.6. The Balaban J connectivity index is 1.53. The summed E-state index contributed by atoms with van der Waals surface area (Å²) in [5, 5.41) is 0. The van der Waals surface area contributed by atoms with Gasteiger partial charge in [0, 0.05) is 19.9 Å². The molecule has 0 bridgehead atoms. The average molecular weight is 324 g/mol. The highest BCUT2D eigenvalue weighted by Crippen LogP contribution is 2.32. The summed E-state index contributed by atoms with van der Waals surface area (Å²) >= 11 is 0. The van der Waals surface area contributed by atoms with E-state index in [1.807, 2.05) is 50.4 Å². The van der Waals surface area contributed by atoms with E-state index in [1.165, 1.54) is 6.26 Å². The normalized spacial score (nSPS) is 19.2. The second kappa shape index (κ2) is 7.20. The van der Waals surface area contributed by atoms with Gasteiger partial charge in [0.25, 0.3) is 0 Å². The number of carbonyl (C=O) groups is 1. The van der Waals surface area contributed by atoms with Crippen molar-refractivity contribution in [2.24, 2.45) is 4.99 Å². The van der Waals surface area contributed by atoms with Crippen molar-refractivity contribution in [1.29, 1.82) is 0 Å². The number of rotatable bonds is 5. The number of ketones is 1. The molecule has 5 nitrogen and oxygen atoms in total. The van der Waals surface area contributed by atoms with Crippen LogP contribution < -0.4 is 9.64 Å². The zero-order valence-electron chi connectivity index (χ0n) is 13.9. The molecule has 0 spiro atoms. The molecule has 0 aliphatic carbocycles. The van der Waals surface area contributed by atoms with Crippen LogP contribution in [-0.2, 0) is 9.53 Å². The number of aliphatic imine (C=N–C) groups is 1. The van der Waals surface area contributed by atoms with Crippen LogP contribution in [0.1, 0.15) is 19.8 Å². The number of anilines is 1. The fourth-order valence-corrected chi connectivity index (χ4v) is 2.61. The minimum Gasteiger partial charge on any atom is -0.479 e. The van der Waals surface area contributed by atoms with Crippen molar-refractivity contribution in [3.05, 3.63) is 54.1 Å². The lowest BCUT2D eigenvalue weighted by Gasteiger charge is -2.32. The molecule has 0 fully saturated rings. The van der Waals surface area contributed by atoms with Crippen LogP contribution in [0, 0.1) is 0 Å². The summed E-state index contributed by atoms with van der Waals surface area (Å²) in [5.41, 5.74) is 4.66. The molecule has 0 aromatic heterocycles. The Bertz CT molecular complexity index is 758. The Kier molecular flexibility index (Phi) is 4.82. The van der Waals surface area contributed by atoms with Gasteiger partial charge in [-0.1, -0.05) is 30.0 Å². The van der Waals surface area contributed by atoms with E-state index in [4.69, 9.17) is 9.47 Å². The summed E-state index contributed by atoms with van der Waals surface area (Å²) in [5.74, 6) is 1.43. The third kappa shape index (κ3) is 3.76. The van der Waals surface area contributed by atoms with Crippen molar-refractivity contribution in [2.75, 3.05) is 18.5 Å². The molecule has 1 unspecified atom stereocenters. The van der Waals surface area contributed by atoms with Crippen LogP contribution in [0.3, 0.4) is 0 Å². The minimum absolute atomic E-state index is 0.0649. The molecule has 0 amide bonds. The van der Waals surface area contributed by atoms with Crippen LogP contribution in [0.2, 0.25) is 0 Å². The standard InChI is InChI=1S/C19H20N2O3/c1-14-11-12-23-19(20-14)10-6-4-8-16(22)18-13-21(2)15-7-3-5-9-17(15)24-18/h3-7,9,12,18H,8,10,13H2,1-2H3/b6-4+. The van der Waals surface area contributed by atoms with E-state index >= 15 is 0 Å². The van der Waals surface area contributed by atoms with E-state index in [1.54, 1.807) is 0 Å². The number of fused-ring (bicyclic) bond motifs is 1. The Hall–Kier alpha value is -2.78. The summed E-state index contributed by atoms with van der Waals surface area (Å²) in [6.45, 7) is 2.43. The third-order valence-electron chi connectivity index (χ3n) is 3.88. The van der Waals surface area contributed by atoms with E-state index in [0.717, 1.165) is 17.1 Å². The molecule has 2 heterocycles. The number of likely N-dealkylation sites (N-methyl/N-ethyl adjacent to an activating group) is 1. The molecular formula is C19H20N2O3. The van der Waals surface area contributed by atoms with Crippen molar-refractivity contribution >= 4 is 17.4 Å². The molecule has 1 aromatic carbocycles. The van der Waals surface area contributed by atoms with Gasteiger partial charge in [0.15, 0.2) is 17.8 Å². The number of carbonyl (C=O) groups excluding carboxylic acids is 1. The van der Waals surface area contributed by atoms with Crippen LogP contribution in [0.25, 0.3) is 0 Å². The van der Waals surface area contributed by atoms with Crippen LogP contribution >= 0.6 is 0 Å². The Labute approximate surface area is 141 Å². The molecule has 24 heavy (non-hydrogen) atoms. The summed E-state index contributed by atoms with van der Waals surface area (Å²) in [7, 11) is 1.97. The third-order valence-corrected chi connectivity index (χ3v) is 3.88. The average Bonchev–Trinajstić information content (AvgIpc) is 2.58. The molecule has 0 saturated carbocycles. The van der Waals surface area contributed by atoms with Gasteiger partial charge in [0.1, 0.15) is 12.0 Å². The summed E-state index contributed by atoms with van der Waals surface area (Å²) in [6, 6.07) is 7.76. The maximum absolute atomic E-state index is 12.4. The van der Waals surface area contributed by atoms with Crippen molar-refractivity contribution in [2.45, 2.75) is 25.9 Å². The highest BCUT2D eigenvalue weighted by Gasteiger charge is 2.27. The lowest BCUT2D eigenvalue weighted by Crippen LogP contribution is -2.42. The predicted octanol–water partition coefficient (Wildman–Crippen LogP) is 3.23. The first-order valence-electron chi connectivity index (χ1n) is 7.94. The van der Waals surface area contributed by atoms with E-state index in [0.29, 0.717) is 25.3 Å². The van der Waals surface area contributed by atoms with Gasteiger partial charge in [-0.15, -0.1) is 0 Å². The molecule has 5 heteroatoms. The molecule has 124 valence electrons. The molecule has 3 rings (SSSR count). The van der Waals surface area contributed by atoms with Crippen LogP contribution in [0.15, 0.2) is 59.1 Å². The molecule has 0 N–H and O–H groups in total.